The largest absolute Gasteiger partial charge is 0.361 e. The Kier molecular flexibility index (Phi) is 5.55. The second-order valence-corrected chi connectivity index (χ2v) is 5.95. The summed E-state index contributed by atoms with van der Waals surface area (Å²) in [6.07, 6.45) is 4.64. The number of anilines is 2. The zero-order valence-corrected chi connectivity index (χ0v) is 13.0. The predicted octanol–water partition coefficient (Wildman–Crippen LogP) is 2.69. The molecule has 2 aromatic rings. The molecule has 0 fully saturated rings. The Morgan fingerprint density at radius 1 is 1.20 bits per heavy atom. The van der Waals surface area contributed by atoms with Crippen LogP contribution in [0.5, 0.6) is 0 Å². The minimum absolute atomic E-state index is 0.721. The SMILES string of the molecule is CN(C)c1nc(NCCCCCCN)nc2ccsc12. The van der Waals surface area contributed by atoms with Gasteiger partial charge in [-0.25, -0.2) is 4.98 Å². The third-order valence-corrected chi connectivity index (χ3v) is 4.02. The first-order valence-corrected chi connectivity index (χ1v) is 7.97. The van der Waals surface area contributed by atoms with Crippen molar-refractivity contribution in [2.24, 2.45) is 5.73 Å². The Bertz CT molecular complexity index is 537. The molecule has 20 heavy (non-hydrogen) atoms. The summed E-state index contributed by atoms with van der Waals surface area (Å²) < 4.78 is 1.14. The average molecular weight is 293 g/mol. The van der Waals surface area contributed by atoms with Crippen LogP contribution >= 0.6 is 11.3 Å². The van der Waals surface area contributed by atoms with Crippen LogP contribution in [0.2, 0.25) is 0 Å². The Morgan fingerprint density at radius 3 is 2.75 bits per heavy atom. The molecule has 6 heteroatoms. The predicted molar refractivity (Wildman–Crippen MR) is 87.8 cm³/mol. The lowest BCUT2D eigenvalue weighted by Crippen LogP contribution is -2.13. The first kappa shape index (κ1) is 15.0. The summed E-state index contributed by atoms with van der Waals surface area (Å²) in [5.74, 6) is 1.70. The summed E-state index contributed by atoms with van der Waals surface area (Å²) in [5.41, 5.74) is 6.50. The summed E-state index contributed by atoms with van der Waals surface area (Å²) in [4.78, 5) is 11.2. The Balaban J connectivity index is 1.96. The fraction of sp³-hybridized carbons (Fsp3) is 0.571. The van der Waals surface area contributed by atoms with E-state index in [0.717, 1.165) is 47.9 Å². The van der Waals surface area contributed by atoms with Crippen molar-refractivity contribution < 1.29 is 0 Å². The van der Waals surface area contributed by atoms with Gasteiger partial charge in [0.1, 0.15) is 0 Å². The van der Waals surface area contributed by atoms with Crippen molar-refractivity contribution in [2.75, 3.05) is 37.4 Å². The number of hydrogen-bond donors (Lipinski definition) is 2. The van der Waals surface area contributed by atoms with E-state index in [2.05, 4.69) is 20.7 Å². The zero-order valence-electron chi connectivity index (χ0n) is 12.2. The smallest absolute Gasteiger partial charge is 0.225 e. The van der Waals surface area contributed by atoms with Gasteiger partial charge in [-0.05, 0) is 30.8 Å². The summed E-state index contributed by atoms with van der Waals surface area (Å²) in [6.45, 7) is 1.70. The van der Waals surface area contributed by atoms with E-state index >= 15 is 0 Å². The van der Waals surface area contributed by atoms with Gasteiger partial charge in [-0.1, -0.05) is 12.8 Å². The van der Waals surface area contributed by atoms with Crippen LogP contribution in [0.4, 0.5) is 11.8 Å². The summed E-state index contributed by atoms with van der Waals surface area (Å²) in [7, 11) is 4.02. The monoisotopic (exact) mass is 293 g/mol. The van der Waals surface area contributed by atoms with E-state index in [0.29, 0.717) is 0 Å². The molecule has 0 saturated carbocycles. The molecule has 0 aliphatic heterocycles. The highest BCUT2D eigenvalue weighted by Gasteiger charge is 2.10. The molecule has 0 spiro atoms. The van der Waals surface area contributed by atoms with Crippen molar-refractivity contribution in [3.63, 3.8) is 0 Å². The van der Waals surface area contributed by atoms with Gasteiger partial charge in [0.05, 0.1) is 10.2 Å². The maximum atomic E-state index is 5.48. The first-order chi connectivity index (χ1) is 9.72. The van der Waals surface area contributed by atoms with E-state index in [1.54, 1.807) is 11.3 Å². The molecular weight excluding hydrogens is 270 g/mol. The summed E-state index contributed by atoms with van der Waals surface area (Å²) in [6, 6.07) is 2.04. The van der Waals surface area contributed by atoms with Crippen molar-refractivity contribution in [3.8, 4) is 0 Å². The van der Waals surface area contributed by atoms with Crippen molar-refractivity contribution in [3.05, 3.63) is 11.4 Å². The summed E-state index contributed by atoms with van der Waals surface area (Å²) >= 11 is 1.68. The van der Waals surface area contributed by atoms with Gasteiger partial charge in [-0.2, -0.15) is 4.98 Å². The molecule has 110 valence electrons. The first-order valence-electron chi connectivity index (χ1n) is 7.09. The normalized spacial score (nSPS) is 10.9. The number of rotatable bonds is 8. The van der Waals surface area contributed by atoms with E-state index in [-0.39, 0.29) is 0 Å². The van der Waals surface area contributed by atoms with Gasteiger partial charge in [-0.15, -0.1) is 11.3 Å². The molecule has 0 atom stereocenters. The van der Waals surface area contributed by atoms with Crippen LogP contribution in [0.25, 0.3) is 10.2 Å². The van der Waals surface area contributed by atoms with Crippen LogP contribution in [0.1, 0.15) is 25.7 Å². The lowest BCUT2D eigenvalue weighted by atomic mass is 10.2. The van der Waals surface area contributed by atoms with Crippen LogP contribution < -0.4 is 16.0 Å². The molecule has 0 radical (unpaired) electrons. The zero-order chi connectivity index (χ0) is 14.4. The number of aromatic nitrogens is 2. The Hall–Kier alpha value is -1.40. The lowest BCUT2D eigenvalue weighted by molar-refractivity contribution is 0.660. The molecule has 0 unspecified atom stereocenters. The maximum Gasteiger partial charge on any atom is 0.225 e. The topological polar surface area (TPSA) is 67.1 Å². The van der Waals surface area contributed by atoms with E-state index in [1.165, 1.54) is 12.8 Å². The number of nitrogens with two attached hydrogens (primary N) is 1. The highest BCUT2D eigenvalue weighted by molar-refractivity contribution is 7.17. The highest BCUT2D eigenvalue weighted by atomic mass is 32.1. The van der Waals surface area contributed by atoms with Gasteiger partial charge < -0.3 is 16.0 Å². The van der Waals surface area contributed by atoms with Gasteiger partial charge in [-0.3, -0.25) is 0 Å². The third-order valence-electron chi connectivity index (χ3n) is 3.12. The maximum absolute atomic E-state index is 5.48. The van der Waals surface area contributed by atoms with Gasteiger partial charge in [0.2, 0.25) is 5.95 Å². The molecule has 2 aromatic heterocycles. The van der Waals surface area contributed by atoms with E-state index in [4.69, 9.17) is 5.73 Å². The van der Waals surface area contributed by atoms with Crippen LogP contribution in [0.15, 0.2) is 11.4 Å². The molecule has 2 heterocycles. The van der Waals surface area contributed by atoms with E-state index in [9.17, 15) is 0 Å². The number of nitrogens with one attached hydrogen (secondary N) is 1. The quantitative estimate of drug-likeness (QED) is 0.733. The molecule has 0 aromatic carbocycles. The Morgan fingerprint density at radius 2 is 2.00 bits per heavy atom. The standard InChI is InChI=1S/C14H23N5S/c1-19(2)13-12-11(7-10-20-12)17-14(18-13)16-9-6-4-3-5-8-15/h7,10H,3-6,8-9,15H2,1-2H3,(H,16,17,18). The number of unbranched alkanes of at least 4 members (excludes halogenated alkanes) is 3. The van der Waals surface area contributed by atoms with Gasteiger partial charge in [0.25, 0.3) is 0 Å². The Labute approximate surface area is 124 Å². The molecule has 3 N–H and O–H groups in total. The molecular formula is C14H23N5S. The summed E-state index contributed by atoms with van der Waals surface area (Å²) in [5, 5.41) is 5.38. The fourth-order valence-corrected chi connectivity index (χ4v) is 2.95. The fourth-order valence-electron chi connectivity index (χ4n) is 2.05. The molecule has 0 aliphatic rings. The van der Waals surface area contributed by atoms with Crippen LogP contribution in [0, 0.1) is 0 Å². The van der Waals surface area contributed by atoms with Gasteiger partial charge >= 0.3 is 0 Å². The van der Waals surface area contributed by atoms with Crippen molar-refractivity contribution in [1.82, 2.24) is 9.97 Å². The van der Waals surface area contributed by atoms with Crippen LogP contribution in [-0.2, 0) is 0 Å². The molecule has 5 nitrogen and oxygen atoms in total. The van der Waals surface area contributed by atoms with Crippen molar-refractivity contribution in [2.45, 2.75) is 25.7 Å². The molecule has 0 amide bonds. The number of hydrogen-bond acceptors (Lipinski definition) is 6. The van der Waals surface area contributed by atoms with Crippen molar-refractivity contribution >= 4 is 33.3 Å². The number of thiophene rings is 1. The van der Waals surface area contributed by atoms with Crippen molar-refractivity contribution in [1.29, 1.82) is 0 Å². The molecule has 0 aliphatic carbocycles. The minimum atomic E-state index is 0.721. The second kappa shape index (κ2) is 7.40. The van der Waals surface area contributed by atoms with E-state index < -0.39 is 0 Å². The second-order valence-electron chi connectivity index (χ2n) is 5.03. The number of nitrogens with zero attached hydrogens (tertiary/aromatic N) is 3. The highest BCUT2D eigenvalue weighted by Crippen LogP contribution is 2.28. The average Bonchev–Trinajstić information content (AvgIpc) is 2.89. The van der Waals surface area contributed by atoms with Crippen LogP contribution in [0.3, 0.4) is 0 Å². The minimum Gasteiger partial charge on any atom is -0.361 e. The van der Waals surface area contributed by atoms with Gasteiger partial charge in [0, 0.05) is 20.6 Å². The molecule has 0 saturated heterocycles. The van der Waals surface area contributed by atoms with Crippen LogP contribution in [-0.4, -0.2) is 37.2 Å². The third kappa shape index (κ3) is 3.80. The molecule has 0 bridgehead atoms. The number of fused-ring (bicyclic) bond motifs is 1. The van der Waals surface area contributed by atoms with Gasteiger partial charge in [0.15, 0.2) is 5.82 Å². The van der Waals surface area contributed by atoms with E-state index in [1.807, 2.05) is 25.1 Å². The lowest BCUT2D eigenvalue weighted by Gasteiger charge is -2.14. The molecule has 2 rings (SSSR count).